The van der Waals surface area contributed by atoms with Crippen molar-refractivity contribution in [2.24, 2.45) is 5.10 Å². The standard InChI is InChI=1S/C19H18F4N2O6/c1-27-14-6-11(7-15(28-2)16(14)29-3)17(26)25-24-9-10-4-5-12(30-18(20)21)8-13(10)31-19(22)23/h4-9,18-19H,1-3H3,(H,25,26). The van der Waals surface area contributed by atoms with Crippen LogP contribution in [0.1, 0.15) is 15.9 Å². The topological polar surface area (TPSA) is 87.6 Å². The lowest BCUT2D eigenvalue weighted by molar-refractivity contribution is -0.0543. The fourth-order valence-electron chi connectivity index (χ4n) is 2.43. The summed E-state index contributed by atoms with van der Waals surface area (Å²) in [6, 6.07) is 5.88. The molecule has 0 radical (unpaired) electrons. The van der Waals surface area contributed by atoms with E-state index in [0.29, 0.717) is 0 Å². The van der Waals surface area contributed by atoms with Gasteiger partial charge in [-0.2, -0.15) is 22.7 Å². The van der Waals surface area contributed by atoms with Crippen molar-refractivity contribution < 1.29 is 46.0 Å². The van der Waals surface area contributed by atoms with Gasteiger partial charge in [0.2, 0.25) is 5.75 Å². The third-order valence-corrected chi connectivity index (χ3v) is 3.72. The van der Waals surface area contributed by atoms with Crippen LogP contribution < -0.4 is 29.1 Å². The Morgan fingerprint density at radius 3 is 2.03 bits per heavy atom. The molecule has 1 amide bonds. The number of carbonyl (C=O) groups excluding carboxylic acids is 1. The maximum absolute atomic E-state index is 12.6. The number of hydrogen-bond donors (Lipinski definition) is 1. The zero-order valence-corrected chi connectivity index (χ0v) is 16.5. The van der Waals surface area contributed by atoms with Gasteiger partial charge in [-0.05, 0) is 24.3 Å². The highest BCUT2D eigenvalue weighted by atomic mass is 19.3. The zero-order valence-electron chi connectivity index (χ0n) is 16.5. The van der Waals surface area contributed by atoms with Gasteiger partial charge in [0.25, 0.3) is 5.91 Å². The number of hydrazone groups is 1. The van der Waals surface area contributed by atoms with Crippen LogP contribution in [-0.4, -0.2) is 46.7 Å². The molecule has 168 valence electrons. The zero-order chi connectivity index (χ0) is 23.0. The molecular formula is C19H18F4N2O6. The van der Waals surface area contributed by atoms with Crippen molar-refractivity contribution in [1.29, 1.82) is 0 Å². The molecule has 0 atom stereocenters. The first-order valence-corrected chi connectivity index (χ1v) is 8.46. The maximum atomic E-state index is 12.6. The molecule has 0 spiro atoms. The van der Waals surface area contributed by atoms with Crippen molar-refractivity contribution in [2.45, 2.75) is 13.2 Å². The average molecular weight is 446 g/mol. The molecule has 0 aromatic heterocycles. The van der Waals surface area contributed by atoms with E-state index in [4.69, 9.17) is 14.2 Å². The summed E-state index contributed by atoms with van der Waals surface area (Å²) in [6.45, 7) is -6.36. The van der Waals surface area contributed by atoms with Crippen LogP contribution in [0.3, 0.4) is 0 Å². The van der Waals surface area contributed by atoms with E-state index in [0.717, 1.165) is 24.4 Å². The molecule has 1 N–H and O–H groups in total. The first kappa shape index (κ1) is 23.6. The van der Waals surface area contributed by atoms with E-state index in [-0.39, 0.29) is 34.1 Å². The first-order valence-electron chi connectivity index (χ1n) is 8.46. The smallest absolute Gasteiger partial charge is 0.387 e. The fraction of sp³-hybridized carbons (Fsp3) is 0.263. The van der Waals surface area contributed by atoms with Crippen LogP contribution >= 0.6 is 0 Å². The summed E-state index contributed by atoms with van der Waals surface area (Å²) in [5, 5.41) is 3.68. The summed E-state index contributed by atoms with van der Waals surface area (Å²) >= 11 is 0. The van der Waals surface area contributed by atoms with Gasteiger partial charge in [-0.15, -0.1) is 0 Å². The van der Waals surface area contributed by atoms with Gasteiger partial charge in [0, 0.05) is 17.2 Å². The Bertz CT molecular complexity index is 915. The lowest BCUT2D eigenvalue weighted by atomic mass is 10.1. The van der Waals surface area contributed by atoms with Crippen LogP contribution in [0.2, 0.25) is 0 Å². The van der Waals surface area contributed by atoms with Crippen molar-refractivity contribution in [3.05, 3.63) is 41.5 Å². The van der Waals surface area contributed by atoms with E-state index >= 15 is 0 Å². The van der Waals surface area contributed by atoms with Gasteiger partial charge in [-0.1, -0.05) is 0 Å². The van der Waals surface area contributed by atoms with Gasteiger partial charge in [0.15, 0.2) is 11.5 Å². The van der Waals surface area contributed by atoms with E-state index in [1.807, 2.05) is 0 Å². The number of ether oxygens (including phenoxy) is 5. The van der Waals surface area contributed by atoms with Gasteiger partial charge in [-0.25, -0.2) is 5.43 Å². The SMILES string of the molecule is COc1cc(C(=O)NN=Cc2ccc(OC(F)F)cc2OC(F)F)cc(OC)c1OC. The van der Waals surface area contributed by atoms with Crippen molar-refractivity contribution in [1.82, 2.24) is 5.43 Å². The molecule has 0 aliphatic carbocycles. The minimum Gasteiger partial charge on any atom is -0.493 e. The van der Waals surface area contributed by atoms with Gasteiger partial charge >= 0.3 is 13.2 Å². The molecule has 2 aromatic rings. The maximum Gasteiger partial charge on any atom is 0.387 e. The molecule has 0 fully saturated rings. The second-order valence-corrected chi connectivity index (χ2v) is 5.57. The summed E-state index contributed by atoms with van der Waals surface area (Å²) in [5.74, 6) is -0.783. The Hall–Kier alpha value is -3.70. The molecule has 0 bridgehead atoms. The molecule has 0 unspecified atom stereocenters. The summed E-state index contributed by atoms with van der Waals surface area (Å²) in [5.41, 5.74) is 2.29. The second kappa shape index (κ2) is 10.9. The van der Waals surface area contributed by atoms with E-state index in [1.165, 1.54) is 33.5 Å². The van der Waals surface area contributed by atoms with Crippen LogP contribution in [0.25, 0.3) is 0 Å². The molecule has 8 nitrogen and oxygen atoms in total. The van der Waals surface area contributed by atoms with Crippen LogP contribution in [0.4, 0.5) is 17.6 Å². The number of halogens is 4. The number of carbonyl (C=O) groups is 1. The van der Waals surface area contributed by atoms with E-state index in [1.54, 1.807) is 0 Å². The summed E-state index contributed by atoms with van der Waals surface area (Å²) in [6.07, 6.45) is 1.000. The number of hydrogen-bond acceptors (Lipinski definition) is 7. The Kier molecular flexibility index (Phi) is 8.29. The van der Waals surface area contributed by atoms with E-state index in [2.05, 4.69) is 20.0 Å². The van der Waals surface area contributed by atoms with Crippen LogP contribution in [0.15, 0.2) is 35.4 Å². The number of methoxy groups -OCH3 is 3. The Balaban J connectivity index is 2.22. The third-order valence-electron chi connectivity index (χ3n) is 3.72. The number of amides is 1. The van der Waals surface area contributed by atoms with Gasteiger partial charge in [-0.3, -0.25) is 4.79 Å². The van der Waals surface area contributed by atoms with Crippen molar-refractivity contribution in [3.63, 3.8) is 0 Å². The van der Waals surface area contributed by atoms with Crippen molar-refractivity contribution >= 4 is 12.1 Å². The highest BCUT2D eigenvalue weighted by Gasteiger charge is 2.17. The van der Waals surface area contributed by atoms with Crippen molar-refractivity contribution in [3.8, 4) is 28.7 Å². The predicted molar refractivity (Wildman–Crippen MR) is 101 cm³/mol. The molecule has 0 aliphatic rings. The molecular weight excluding hydrogens is 428 g/mol. The lowest BCUT2D eigenvalue weighted by Crippen LogP contribution is -2.18. The van der Waals surface area contributed by atoms with Crippen LogP contribution in [-0.2, 0) is 0 Å². The number of nitrogens with zero attached hydrogens (tertiary/aromatic N) is 1. The summed E-state index contributed by atoms with van der Waals surface area (Å²) in [7, 11) is 4.16. The quantitative estimate of drug-likeness (QED) is 0.340. The summed E-state index contributed by atoms with van der Waals surface area (Å²) in [4.78, 5) is 12.4. The largest absolute Gasteiger partial charge is 0.493 e. The Morgan fingerprint density at radius 1 is 0.903 bits per heavy atom. The molecule has 0 aliphatic heterocycles. The molecule has 0 heterocycles. The molecule has 2 rings (SSSR count). The first-order chi connectivity index (χ1) is 14.8. The molecule has 31 heavy (non-hydrogen) atoms. The molecule has 2 aromatic carbocycles. The number of nitrogens with one attached hydrogen (secondary N) is 1. The molecule has 12 heteroatoms. The number of alkyl halides is 4. The van der Waals surface area contributed by atoms with Crippen molar-refractivity contribution in [2.75, 3.05) is 21.3 Å². The fourth-order valence-corrected chi connectivity index (χ4v) is 2.43. The second-order valence-electron chi connectivity index (χ2n) is 5.57. The van der Waals surface area contributed by atoms with E-state index in [9.17, 15) is 22.4 Å². The monoisotopic (exact) mass is 446 g/mol. The highest BCUT2D eigenvalue weighted by Crippen LogP contribution is 2.38. The highest BCUT2D eigenvalue weighted by molar-refractivity contribution is 5.96. The lowest BCUT2D eigenvalue weighted by Gasteiger charge is -2.13. The predicted octanol–water partition coefficient (Wildman–Crippen LogP) is 3.68. The van der Waals surface area contributed by atoms with Gasteiger partial charge in [0.05, 0.1) is 27.5 Å². The van der Waals surface area contributed by atoms with Gasteiger partial charge in [0.1, 0.15) is 11.5 Å². The van der Waals surface area contributed by atoms with Gasteiger partial charge < -0.3 is 23.7 Å². The summed E-state index contributed by atoms with van der Waals surface area (Å²) < 4.78 is 73.8. The average Bonchev–Trinajstić information content (AvgIpc) is 2.73. The minimum atomic E-state index is -3.22. The number of rotatable bonds is 10. The Morgan fingerprint density at radius 2 is 1.52 bits per heavy atom. The molecule has 0 saturated heterocycles. The normalized spacial score (nSPS) is 11.0. The Labute approximate surface area is 174 Å². The number of benzene rings is 2. The minimum absolute atomic E-state index is 0.0212. The molecule has 0 saturated carbocycles. The third kappa shape index (κ3) is 6.39. The van der Waals surface area contributed by atoms with Crippen LogP contribution in [0, 0.1) is 0 Å². The van der Waals surface area contributed by atoms with Crippen LogP contribution in [0.5, 0.6) is 28.7 Å². The van der Waals surface area contributed by atoms with E-state index < -0.39 is 24.9 Å².